The van der Waals surface area contributed by atoms with Crippen LogP contribution in [0.2, 0.25) is 10.0 Å². The van der Waals surface area contributed by atoms with E-state index in [1.807, 2.05) is 0 Å². The second-order valence-electron chi connectivity index (χ2n) is 9.76. The number of aryl methyl sites for hydroxylation is 1. The molecule has 12 heteroatoms. The van der Waals surface area contributed by atoms with Crippen molar-refractivity contribution in [2.45, 2.75) is 40.2 Å². The van der Waals surface area contributed by atoms with Gasteiger partial charge in [-0.2, -0.15) is 0 Å². The highest BCUT2D eigenvalue weighted by Crippen LogP contribution is 2.37. The van der Waals surface area contributed by atoms with Crippen molar-refractivity contribution in [3.8, 4) is 11.1 Å². The number of hydrogen-bond donors (Lipinski definition) is 2. The number of aldehydes is 1. The van der Waals surface area contributed by atoms with Crippen molar-refractivity contribution in [2.75, 3.05) is 20.2 Å². The van der Waals surface area contributed by atoms with Crippen LogP contribution in [0.3, 0.4) is 0 Å². The summed E-state index contributed by atoms with van der Waals surface area (Å²) in [5.74, 6) is -2.29. The number of nitrogens with zero attached hydrogens (tertiary/aromatic N) is 1. The summed E-state index contributed by atoms with van der Waals surface area (Å²) < 4.78 is 34.7. The molecule has 1 atom stereocenters. The lowest BCUT2D eigenvalue weighted by atomic mass is 9.96. The fourth-order valence-corrected chi connectivity index (χ4v) is 4.15. The Labute approximate surface area is 260 Å². The van der Waals surface area contributed by atoms with Crippen LogP contribution in [0.5, 0.6) is 0 Å². The summed E-state index contributed by atoms with van der Waals surface area (Å²) in [5.41, 5.74) is 0.389. The number of aromatic nitrogens is 1. The van der Waals surface area contributed by atoms with Gasteiger partial charge in [0, 0.05) is 40.5 Å². The van der Waals surface area contributed by atoms with Gasteiger partial charge < -0.3 is 24.7 Å². The van der Waals surface area contributed by atoms with Gasteiger partial charge in [0.2, 0.25) is 0 Å². The minimum absolute atomic E-state index is 0.00143. The third-order valence-corrected chi connectivity index (χ3v) is 6.05. The highest BCUT2D eigenvalue weighted by atomic mass is 35.5. The molecule has 234 valence electrons. The molecule has 0 fully saturated rings. The number of pyridine rings is 1. The lowest BCUT2D eigenvalue weighted by molar-refractivity contribution is -0.143. The molecule has 43 heavy (non-hydrogen) atoms. The summed E-state index contributed by atoms with van der Waals surface area (Å²) in [6.07, 6.45) is 1.98. The first kappa shape index (κ1) is 37.4. The second kappa shape index (κ2) is 18.8. The maximum absolute atomic E-state index is 14.3. The van der Waals surface area contributed by atoms with E-state index in [2.05, 4.69) is 31.4 Å². The molecule has 0 aliphatic heterocycles. The molecule has 1 aromatic heterocycles. The molecule has 0 bridgehead atoms. The molecule has 0 aliphatic carbocycles. The van der Waals surface area contributed by atoms with Crippen LogP contribution in [0.15, 0.2) is 53.5 Å². The highest BCUT2D eigenvalue weighted by Gasteiger charge is 2.23. The summed E-state index contributed by atoms with van der Waals surface area (Å²) in [6.45, 7) is 8.30. The molecule has 1 amide bonds. The first-order valence-electron chi connectivity index (χ1n) is 13.4. The van der Waals surface area contributed by atoms with Crippen molar-refractivity contribution >= 4 is 41.4 Å². The maximum atomic E-state index is 14.3. The average Bonchev–Trinajstić information content (AvgIpc) is 2.94. The first-order chi connectivity index (χ1) is 20.3. The van der Waals surface area contributed by atoms with Gasteiger partial charge >= 0.3 is 5.97 Å². The number of esters is 1. The van der Waals surface area contributed by atoms with E-state index in [1.54, 1.807) is 51.5 Å². The summed E-state index contributed by atoms with van der Waals surface area (Å²) in [7, 11) is 3.11. The lowest BCUT2D eigenvalue weighted by Crippen LogP contribution is -2.32. The van der Waals surface area contributed by atoms with Gasteiger partial charge in [-0.25, -0.2) is 8.78 Å². The Morgan fingerprint density at radius 3 is 2.21 bits per heavy atom. The third-order valence-electron chi connectivity index (χ3n) is 5.42. The van der Waals surface area contributed by atoms with Crippen molar-refractivity contribution in [3.05, 3.63) is 91.8 Å². The normalized spacial score (nSPS) is 11.0. The van der Waals surface area contributed by atoms with Gasteiger partial charge in [0.15, 0.2) is 11.6 Å². The van der Waals surface area contributed by atoms with Gasteiger partial charge in [0.05, 0.1) is 19.6 Å². The number of benzene rings is 2. The van der Waals surface area contributed by atoms with E-state index in [1.165, 1.54) is 16.7 Å². The lowest BCUT2D eigenvalue weighted by Gasteiger charge is -2.18. The smallest absolute Gasteiger partial charge is 0.307 e. The van der Waals surface area contributed by atoms with Crippen LogP contribution in [0.1, 0.15) is 56.1 Å². The number of nitrogens with one attached hydrogen (secondary N) is 2. The Hall–Kier alpha value is -3.60. The van der Waals surface area contributed by atoms with E-state index in [0.29, 0.717) is 27.5 Å². The zero-order valence-corrected chi connectivity index (χ0v) is 26.5. The third kappa shape index (κ3) is 11.9. The predicted octanol–water partition coefficient (Wildman–Crippen LogP) is 6.13. The molecule has 3 rings (SSSR count). The highest BCUT2D eigenvalue weighted by molar-refractivity contribution is 6.39. The summed E-state index contributed by atoms with van der Waals surface area (Å²) in [6, 6.07) is 9.60. The van der Waals surface area contributed by atoms with E-state index < -0.39 is 29.6 Å². The minimum atomic E-state index is -1.05. The molecule has 0 saturated heterocycles. The van der Waals surface area contributed by atoms with Crippen LogP contribution in [0.4, 0.5) is 8.78 Å². The van der Waals surface area contributed by atoms with E-state index in [0.717, 1.165) is 12.0 Å². The minimum Gasteiger partial charge on any atom is -0.466 e. The Morgan fingerprint density at radius 1 is 1.07 bits per heavy atom. The van der Waals surface area contributed by atoms with Gasteiger partial charge in [-0.1, -0.05) is 50.0 Å². The van der Waals surface area contributed by atoms with Crippen molar-refractivity contribution in [1.29, 1.82) is 0 Å². The Bertz CT molecular complexity index is 1420. The van der Waals surface area contributed by atoms with Gasteiger partial charge in [-0.15, -0.1) is 0 Å². The molecule has 3 aromatic rings. The fourth-order valence-electron chi connectivity index (χ4n) is 3.54. The standard InChI is InChI=1S/C18H17Cl2F2NO2.C9H10N2O3.C4H10/c1-3-25-16(24)9-15(23-2)11-7-10(8-14(21)18(11)22)17-12(19)5-4-6-13(17)20;1-11-5-2-3-7(9(11)14)8(13)10-4-6-12;1-4(2)3/h4-8,15,23H,3,9H2,1-2H3;2-3,5-6H,4H2,1H3,(H,10,13);4H,1-3H3. The maximum Gasteiger partial charge on any atom is 0.307 e. The van der Waals surface area contributed by atoms with Gasteiger partial charge in [-0.05, 0) is 61.9 Å². The molecular weight excluding hydrogens is 603 g/mol. The second-order valence-corrected chi connectivity index (χ2v) is 10.6. The largest absolute Gasteiger partial charge is 0.466 e. The molecular formula is C31H37Cl2F2N3O5. The van der Waals surface area contributed by atoms with Gasteiger partial charge in [0.1, 0.15) is 11.8 Å². The zero-order valence-electron chi connectivity index (χ0n) is 25.0. The molecule has 0 saturated carbocycles. The number of ether oxygens (including phenoxy) is 1. The Balaban J connectivity index is 0.000000431. The molecule has 2 N–H and O–H groups in total. The SMILES string of the molecule is CC(C)C.CCOC(=O)CC(NC)c1cc(-c2c(Cl)cccc2Cl)cc(F)c1F.Cn1cccc(C(=O)NCC=O)c1=O. The van der Waals surface area contributed by atoms with E-state index in [4.69, 9.17) is 27.9 Å². The Kier molecular flexibility index (Phi) is 16.4. The van der Waals surface area contributed by atoms with Crippen LogP contribution < -0.4 is 16.2 Å². The van der Waals surface area contributed by atoms with Crippen molar-refractivity contribution in [1.82, 2.24) is 15.2 Å². The van der Waals surface area contributed by atoms with Crippen molar-refractivity contribution in [2.24, 2.45) is 13.0 Å². The molecule has 0 aliphatic rings. The van der Waals surface area contributed by atoms with Crippen LogP contribution >= 0.6 is 23.2 Å². The fraction of sp³-hybridized carbons (Fsp3) is 0.355. The van der Waals surface area contributed by atoms with Gasteiger partial charge in [-0.3, -0.25) is 14.4 Å². The number of rotatable bonds is 9. The molecule has 8 nitrogen and oxygen atoms in total. The number of amides is 1. The molecule has 1 unspecified atom stereocenters. The molecule has 1 heterocycles. The number of carbonyl (C=O) groups excluding carboxylic acids is 3. The molecule has 0 spiro atoms. The quantitative estimate of drug-likeness (QED) is 0.216. The summed E-state index contributed by atoms with van der Waals surface area (Å²) in [4.78, 5) is 44.4. The van der Waals surface area contributed by atoms with E-state index >= 15 is 0 Å². The zero-order chi connectivity index (χ0) is 32.7. The van der Waals surface area contributed by atoms with Crippen molar-refractivity contribution in [3.63, 3.8) is 0 Å². The first-order valence-corrected chi connectivity index (χ1v) is 14.2. The predicted molar refractivity (Wildman–Crippen MR) is 165 cm³/mol. The van der Waals surface area contributed by atoms with Crippen molar-refractivity contribution < 1.29 is 27.9 Å². The molecule has 2 aromatic carbocycles. The van der Waals surface area contributed by atoms with E-state index in [9.17, 15) is 28.0 Å². The topological polar surface area (TPSA) is 106 Å². The van der Waals surface area contributed by atoms with Crippen LogP contribution in [0, 0.1) is 17.6 Å². The summed E-state index contributed by atoms with van der Waals surface area (Å²) >= 11 is 12.3. The Morgan fingerprint density at radius 2 is 1.67 bits per heavy atom. The van der Waals surface area contributed by atoms with Crippen LogP contribution in [-0.4, -0.2) is 42.9 Å². The summed E-state index contributed by atoms with van der Waals surface area (Å²) in [5, 5.41) is 5.74. The monoisotopic (exact) mass is 639 g/mol. The van der Waals surface area contributed by atoms with Crippen LogP contribution in [-0.2, 0) is 21.4 Å². The molecule has 0 radical (unpaired) electrons. The van der Waals surface area contributed by atoms with Gasteiger partial charge in [0.25, 0.3) is 11.5 Å². The number of carbonyl (C=O) groups is 3. The number of halogens is 4. The number of hydrogen-bond acceptors (Lipinski definition) is 6. The van der Waals surface area contributed by atoms with Crippen LogP contribution in [0.25, 0.3) is 11.1 Å². The average molecular weight is 641 g/mol. The van der Waals surface area contributed by atoms with E-state index in [-0.39, 0.29) is 36.3 Å².